The van der Waals surface area contributed by atoms with Crippen molar-refractivity contribution in [1.29, 1.82) is 0 Å². The zero-order chi connectivity index (χ0) is 15.8. The predicted octanol–water partition coefficient (Wildman–Crippen LogP) is 1.04. The van der Waals surface area contributed by atoms with Gasteiger partial charge >= 0.3 is 131 Å². The van der Waals surface area contributed by atoms with Crippen molar-refractivity contribution in [2.45, 2.75) is 25.9 Å². The van der Waals surface area contributed by atoms with Gasteiger partial charge in [0.25, 0.3) is 0 Å². The molecule has 0 amide bonds. The van der Waals surface area contributed by atoms with Gasteiger partial charge in [-0.2, -0.15) is 0 Å². The average molecular weight is 302 g/mol. The van der Waals surface area contributed by atoms with E-state index >= 15 is 0 Å². The molecule has 0 saturated carbocycles. The number of hydrogen-bond acceptors (Lipinski definition) is 5. The molecule has 1 aromatic carbocycles. The number of nitrogens with zero attached hydrogens (tertiary/aromatic N) is 1. The minimum atomic E-state index is -0.160. The number of carbonyl (C=O) groups excluding carboxylic acids is 1. The summed E-state index contributed by atoms with van der Waals surface area (Å²) in [5.41, 5.74) is 1.26. The van der Waals surface area contributed by atoms with Crippen LogP contribution >= 0.6 is 0 Å². The third-order valence-electron chi connectivity index (χ3n) is 3.96. The van der Waals surface area contributed by atoms with Crippen molar-refractivity contribution in [3.05, 3.63) is 35.9 Å². The van der Waals surface area contributed by atoms with Gasteiger partial charge in [0.15, 0.2) is 0 Å². The summed E-state index contributed by atoms with van der Waals surface area (Å²) in [6.07, 6.45) is 0.721. The molecule has 1 saturated heterocycles. The summed E-state index contributed by atoms with van der Waals surface area (Å²) in [4.78, 5) is 14.1. The zero-order valence-corrected chi connectivity index (χ0v) is 13.0. The summed E-state index contributed by atoms with van der Waals surface area (Å²) in [5, 5.41) is 3.23. The van der Waals surface area contributed by atoms with Crippen LogP contribution in [-0.4, -0.2) is 50.2 Å². The summed E-state index contributed by atoms with van der Waals surface area (Å²) < 4.78 is 15.7. The first-order valence-corrected chi connectivity index (χ1v) is 7.81. The second kappa shape index (κ2) is 8.81. The molecule has 0 aromatic heterocycles. The molecule has 0 spiro atoms. The molecule has 0 unspecified atom stereocenters. The van der Waals surface area contributed by atoms with E-state index in [1.165, 1.54) is 5.56 Å². The number of carbonyl (C=O) groups is 1. The quantitative estimate of drug-likeness (QED) is 0.574. The Hall–Kier alpha value is -1.53. The van der Waals surface area contributed by atoms with E-state index in [2.05, 4.69) is 22.3 Å². The van der Waals surface area contributed by atoms with E-state index in [1.54, 1.807) is 0 Å². The maximum absolute atomic E-state index is 11.7. The topological polar surface area (TPSA) is 58.6 Å². The monoisotopic (exact) mass is 302 g/mol. The second-order valence-electron chi connectivity index (χ2n) is 5.63. The third kappa shape index (κ3) is 5.03. The molecule has 2 rings (SSSR count). The number of nitrogens with one attached hydrogen (secondary N) is 1. The number of rotatable bonds is 8. The van der Waals surface area contributed by atoms with Crippen LogP contribution in [0.1, 0.15) is 18.9 Å². The van der Waals surface area contributed by atoms with Crippen LogP contribution in [0.25, 0.3) is 0 Å². The summed E-state index contributed by atoms with van der Waals surface area (Å²) in [6.45, 7) is 4.76. The summed E-state index contributed by atoms with van der Waals surface area (Å²) >= 11 is 0. The molecule has 0 aliphatic carbocycles. The van der Waals surface area contributed by atoms with Crippen molar-refractivity contribution in [1.82, 2.24) is 10.2 Å². The van der Waals surface area contributed by atoms with Gasteiger partial charge in [0.2, 0.25) is 0 Å². The Bertz CT molecular complexity index is 484. The van der Waals surface area contributed by atoms with Gasteiger partial charge in [-0.1, -0.05) is 0 Å². The van der Waals surface area contributed by atoms with Crippen molar-refractivity contribution in [3.8, 4) is 0 Å². The van der Waals surface area contributed by atoms with Crippen LogP contribution in [0, 0.1) is 5.92 Å². The Kier molecular flexibility index (Phi) is 6.74. The molecule has 118 valence electrons. The van der Waals surface area contributed by atoms with Crippen LogP contribution in [0.4, 0.5) is 0 Å². The van der Waals surface area contributed by atoms with Gasteiger partial charge in [0.05, 0.1) is 0 Å². The number of benzene rings is 1. The molecule has 5 nitrogen and oxygen atoms in total. The van der Waals surface area contributed by atoms with Crippen molar-refractivity contribution in [3.63, 3.8) is 0 Å². The van der Waals surface area contributed by atoms with E-state index in [1.807, 2.05) is 25.1 Å². The van der Waals surface area contributed by atoms with Crippen LogP contribution in [0.2, 0.25) is 0 Å². The second-order valence-corrected chi connectivity index (χ2v) is 5.63. The Morgan fingerprint density at radius 3 is 2.82 bits per heavy atom. The van der Waals surface area contributed by atoms with Crippen molar-refractivity contribution >= 4 is 13.1 Å². The molecule has 2 atom stereocenters. The molecular weight excluding hydrogens is 279 g/mol. The first-order chi connectivity index (χ1) is 10.7. The van der Waals surface area contributed by atoms with Gasteiger partial charge in [-0.3, -0.25) is 0 Å². The first kappa shape index (κ1) is 16.8. The summed E-state index contributed by atoms with van der Waals surface area (Å²) in [6, 6.07) is 10.4. The molecule has 1 aliphatic rings. The predicted molar refractivity (Wildman–Crippen MR) is 84.7 cm³/mol. The van der Waals surface area contributed by atoms with E-state index in [0.717, 1.165) is 26.8 Å². The fourth-order valence-corrected chi connectivity index (χ4v) is 3.00. The van der Waals surface area contributed by atoms with E-state index in [9.17, 15) is 9.50 Å². The number of ether oxygens (including phenoxy) is 1. The molecule has 1 fully saturated rings. The SMILES string of the molecule is CCOC(=O)C[C@H]1CN(Cc2ccccc2)C[C@@H]1NCB=O. The maximum atomic E-state index is 11.7. The van der Waals surface area contributed by atoms with E-state index in [-0.39, 0.29) is 17.9 Å². The summed E-state index contributed by atoms with van der Waals surface area (Å²) in [7, 11) is 0.862. The zero-order valence-electron chi connectivity index (χ0n) is 13.0. The van der Waals surface area contributed by atoms with Crippen molar-refractivity contribution < 1.29 is 14.2 Å². The molecule has 0 radical (unpaired) electrons. The van der Waals surface area contributed by atoms with Crippen LogP contribution in [0.3, 0.4) is 0 Å². The van der Waals surface area contributed by atoms with Crippen molar-refractivity contribution in [2.24, 2.45) is 5.92 Å². The Labute approximate surface area is 132 Å². The summed E-state index contributed by atoms with van der Waals surface area (Å²) in [5.74, 6) is 0.0228. The van der Waals surface area contributed by atoms with E-state index < -0.39 is 0 Å². The van der Waals surface area contributed by atoms with Crippen LogP contribution < -0.4 is 5.32 Å². The van der Waals surface area contributed by atoms with E-state index in [0.29, 0.717) is 19.5 Å². The minimum absolute atomic E-state index is 0.151. The first-order valence-electron chi connectivity index (χ1n) is 7.81. The third-order valence-corrected chi connectivity index (χ3v) is 3.96. The van der Waals surface area contributed by atoms with Crippen LogP contribution in [0.5, 0.6) is 0 Å². The molecule has 1 heterocycles. The van der Waals surface area contributed by atoms with Gasteiger partial charge in [-0.25, -0.2) is 0 Å². The standard InChI is InChI=1S/C16H23BN2O3/c1-2-22-16(20)8-14-10-19(11-15(14)18-12-17-21)9-13-6-4-3-5-7-13/h3-7,14-15,18H,2,8-12H2,1H3/t14-,15-/m0/s1. The molecular formula is C16H23BN2O3. The number of hydrogen-bond donors (Lipinski definition) is 1. The molecule has 1 aliphatic heterocycles. The molecule has 1 aromatic rings. The Balaban J connectivity index is 1.94. The van der Waals surface area contributed by atoms with Crippen LogP contribution in [0.15, 0.2) is 30.3 Å². The fraction of sp³-hybridized carbons (Fsp3) is 0.562. The van der Waals surface area contributed by atoms with Crippen molar-refractivity contribution in [2.75, 3.05) is 26.1 Å². The molecule has 6 heteroatoms. The Morgan fingerprint density at radius 1 is 1.36 bits per heavy atom. The van der Waals surface area contributed by atoms with Gasteiger partial charge in [0.1, 0.15) is 0 Å². The normalized spacial score (nSPS) is 21.5. The number of likely N-dealkylation sites (tertiary alicyclic amines) is 1. The van der Waals surface area contributed by atoms with Gasteiger partial charge in [-0.15, -0.1) is 0 Å². The van der Waals surface area contributed by atoms with Crippen LogP contribution in [-0.2, 0) is 20.8 Å². The van der Waals surface area contributed by atoms with Gasteiger partial charge in [-0.05, 0) is 0 Å². The number of esters is 1. The average Bonchev–Trinajstić information content (AvgIpc) is 2.87. The molecule has 0 bridgehead atoms. The molecule has 1 N–H and O–H groups in total. The Morgan fingerprint density at radius 2 is 2.14 bits per heavy atom. The van der Waals surface area contributed by atoms with Gasteiger partial charge < -0.3 is 0 Å². The fourth-order valence-electron chi connectivity index (χ4n) is 3.00. The van der Waals surface area contributed by atoms with E-state index in [4.69, 9.17) is 4.74 Å². The molecule has 22 heavy (non-hydrogen) atoms. The van der Waals surface area contributed by atoms with Gasteiger partial charge in [0, 0.05) is 0 Å².